The second-order valence-electron chi connectivity index (χ2n) is 5.32. The third-order valence-electron chi connectivity index (χ3n) is 3.52. The van der Waals surface area contributed by atoms with Crippen LogP contribution in [0.1, 0.15) is 32.1 Å². The van der Waals surface area contributed by atoms with E-state index in [0.717, 1.165) is 5.56 Å². The normalized spacial score (nSPS) is 10.7. The van der Waals surface area contributed by atoms with E-state index in [-0.39, 0.29) is 11.5 Å². The van der Waals surface area contributed by atoms with Gasteiger partial charge in [0.15, 0.2) is 0 Å². The molecule has 1 amide bonds. The number of nitrogens with zero attached hydrogens (tertiary/aromatic N) is 2. The molecule has 6 nitrogen and oxygen atoms in total. The van der Waals surface area contributed by atoms with E-state index in [1.807, 2.05) is 25.3 Å². The minimum absolute atomic E-state index is 0.119. The summed E-state index contributed by atoms with van der Waals surface area (Å²) in [6, 6.07) is 9.91. The number of nitrogens with one attached hydrogen (secondary N) is 1. The molecular formula is C17H15N3O3. The molecule has 0 unspecified atom stereocenters. The Morgan fingerprint density at radius 1 is 1.17 bits per heavy atom. The molecule has 0 aliphatic heterocycles. The number of anilines is 1. The van der Waals surface area contributed by atoms with Crippen molar-refractivity contribution in [2.24, 2.45) is 0 Å². The average Bonchev–Trinajstić information content (AvgIpc) is 2.82. The number of rotatable bonds is 3. The maximum Gasteiger partial charge on any atom is 0.335 e. The smallest absolute Gasteiger partial charge is 0.335 e. The fourth-order valence-corrected chi connectivity index (χ4v) is 2.46. The van der Waals surface area contributed by atoms with Crippen molar-refractivity contribution in [1.29, 1.82) is 0 Å². The van der Waals surface area contributed by atoms with Gasteiger partial charge in [-0.25, -0.2) is 9.78 Å². The van der Waals surface area contributed by atoms with Gasteiger partial charge in [-0.3, -0.25) is 9.20 Å². The van der Waals surface area contributed by atoms with Crippen molar-refractivity contribution in [1.82, 2.24) is 9.38 Å². The van der Waals surface area contributed by atoms with Gasteiger partial charge in [0.05, 0.1) is 11.3 Å². The minimum atomic E-state index is -1.04. The molecular weight excluding hydrogens is 294 g/mol. The van der Waals surface area contributed by atoms with Gasteiger partial charge in [-0.2, -0.15) is 0 Å². The Balaban J connectivity index is 1.98. The summed E-state index contributed by atoms with van der Waals surface area (Å²) >= 11 is 0. The Hall–Kier alpha value is -3.15. The van der Waals surface area contributed by atoms with Crippen molar-refractivity contribution in [3.63, 3.8) is 0 Å². The van der Waals surface area contributed by atoms with Crippen molar-refractivity contribution in [2.75, 3.05) is 5.32 Å². The molecule has 0 aliphatic rings. The zero-order valence-electron chi connectivity index (χ0n) is 12.7. The maximum absolute atomic E-state index is 12.6. The molecule has 0 aliphatic carbocycles. The minimum Gasteiger partial charge on any atom is -0.478 e. The summed E-state index contributed by atoms with van der Waals surface area (Å²) in [5.74, 6) is -1.37. The summed E-state index contributed by atoms with van der Waals surface area (Å²) in [4.78, 5) is 28.0. The number of benzene rings is 1. The number of imidazole rings is 1. The number of fused-ring (bicyclic) bond motifs is 1. The Morgan fingerprint density at radius 2 is 1.96 bits per heavy atom. The van der Waals surface area contributed by atoms with Gasteiger partial charge in [0, 0.05) is 11.9 Å². The highest BCUT2D eigenvalue weighted by atomic mass is 16.4. The fourth-order valence-electron chi connectivity index (χ4n) is 2.46. The second kappa shape index (κ2) is 5.57. The highest BCUT2D eigenvalue weighted by Crippen LogP contribution is 2.17. The van der Waals surface area contributed by atoms with E-state index in [0.29, 0.717) is 22.7 Å². The van der Waals surface area contributed by atoms with Crippen molar-refractivity contribution >= 4 is 23.2 Å². The molecule has 6 heteroatoms. The van der Waals surface area contributed by atoms with Crippen LogP contribution in [0.2, 0.25) is 0 Å². The zero-order chi connectivity index (χ0) is 16.6. The molecule has 2 heterocycles. The summed E-state index contributed by atoms with van der Waals surface area (Å²) in [6.45, 7) is 3.71. The monoisotopic (exact) mass is 309 g/mol. The maximum atomic E-state index is 12.6. The Morgan fingerprint density at radius 3 is 2.70 bits per heavy atom. The average molecular weight is 309 g/mol. The van der Waals surface area contributed by atoms with Crippen LogP contribution in [-0.4, -0.2) is 26.4 Å². The topological polar surface area (TPSA) is 83.7 Å². The van der Waals surface area contributed by atoms with E-state index >= 15 is 0 Å². The van der Waals surface area contributed by atoms with Crippen molar-refractivity contribution < 1.29 is 14.7 Å². The van der Waals surface area contributed by atoms with Crippen LogP contribution in [-0.2, 0) is 0 Å². The summed E-state index contributed by atoms with van der Waals surface area (Å²) in [5.41, 5.74) is 3.30. The number of amides is 1. The Kier molecular flexibility index (Phi) is 3.57. The number of carbonyl (C=O) groups excluding carboxylic acids is 1. The summed E-state index contributed by atoms with van der Waals surface area (Å²) in [5, 5.41) is 11.7. The van der Waals surface area contributed by atoms with Crippen LogP contribution >= 0.6 is 0 Å². The Bertz CT molecular complexity index is 928. The van der Waals surface area contributed by atoms with E-state index in [2.05, 4.69) is 10.3 Å². The van der Waals surface area contributed by atoms with Crippen LogP contribution < -0.4 is 5.32 Å². The molecule has 3 aromatic rings. The van der Waals surface area contributed by atoms with Crippen LogP contribution in [0.25, 0.3) is 5.65 Å². The lowest BCUT2D eigenvalue weighted by Crippen LogP contribution is -2.16. The number of aromatic carboxylic acids is 1. The number of carboxylic acids is 1. The molecule has 0 saturated carbocycles. The molecule has 0 atom stereocenters. The van der Waals surface area contributed by atoms with Crippen molar-refractivity contribution in [2.45, 2.75) is 13.8 Å². The number of hydrogen-bond donors (Lipinski definition) is 2. The van der Waals surface area contributed by atoms with Gasteiger partial charge in [0.2, 0.25) is 0 Å². The summed E-state index contributed by atoms with van der Waals surface area (Å²) in [7, 11) is 0. The first kappa shape index (κ1) is 14.8. The molecule has 3 rings (SSSR count). The summed E-state index contributed by atoms with van der Waals surface area (Å²) in [6.07, 6.45) is 1.85. The molecule has 23 heavy (non-hydrogen) atoms. The number of hydrogen-bond acceptors (Lipinski definition) is 3. The van der Waals surface area contributed by atoms with Crippen LogP contribution in [0.3, 0.4) is 0 Å². The van der Waals surface area contributed by atoms with E-state index in [1.165, 1.54) is 12.1 Å². The summed E-state index contributed by atoms with van der Waals surface area (Å²) < 4.78 is 1.74. The number of carboxylic acid groups (broad SMARTS) is 1. The highest BCUT2D eigenvalue weighted by molar-refractivity contribution is 6.05. The van der Waals surface area contributed by atoms with E-state index < -0.39 is 5.97 Å². The van der Waals surface area contributed by atoms with Gasteiger partial charge < -0.3 is 10.4 Å². The Labute approximate surface area is 132 Å². The lowest BCUT2D eigenvalue weighted by Gasteiger charge is -2.07. The largest absolute Gasteiger partial charge is 0.478 e. The van der Waals surface area contributed by atoms with Crippen LogP contribution in [0.4, 0.5) is 5.69 Å². The fraction of sp³-hybridized carbons (Fsp3) is 0.118. The van der Waals surface area contributed by atoms with Gasteiger partial charge >= 0.3 is 5.97 Å². The van der Waals surface area contributed by atoms with Crippen LogP contribution in [0, 0.1) is 13.8 Å². The van der Waals surface area contributed by atoms with E-state index in [9.17, 15) is 9.59 Å². The number of pyridine rings is 1. The number of carbonyl (C=O) groups is 2. The molecule has 0 spiro atoms. The van der Waals surface area contributed by atoms with Crippen LogP contribution in [0.15, 0.2) is 42.6 Å². The SMILES string of the molecule is Cc1ccc2nc(C)c(C(=O)Nc3cccc(C(=O)O)c3)n2c1. The van der Waals surface area contributed by atoms with Gasteiger partial charge in [-0.05, 0) is 43.7 Å². The van der Waals surface area contributed by atoms with Gasteiger partial charge in [-0.1, -0.05) is 12.1 Å². The predicted molar refractivity (Wildman–Crippen MR) is 86.0 cm³/mol. The first-order chi connectivity index (χ1) is 11.0. The molecule has 0 fully saturated rings. The third kappa shape index (κ3) is 2.78. The first-order valence-electron chi connectivity index (χ1n) is 7.06. The lowest BCUT2D eigenvalue weighted by molar-refractivity contribution is 0.0696. The van der Waals surface area contributed by atoms with E-state index in [4.69, 9.17) is 5.11 Å². The molecule has 1 aromatic carbocycles. The molecule has 2 aromatic heterocycles. The molecule has 2 N–H and O–H groups in total. The predicted octanol–water partition coefficient (Wildman–Crippen LogP) is 2.90. The lowest BCUT2D eigenvalue weighted by atomic mass is 10.2. The molecule has 116 valence electrons. The standard InChI is InChI=1S/C17H15N3O3/c1-10-6-7-14-18-11(2)15(20(14)9-10)16(21)19-13-5-3-4-12(8-13)17(22)23/h3-9H,1-2H3,(H,19,21)(H,22,23). The number of aryl methyl sites for hydroxylation is 2. The van der Waals surface area contributed by atoms with Crippen LogP contribution in [0.5, 0.6) is 0 Å². The third-order valence-corrected chi connectivity index (χ3v) is 3.52. The first-order valence-corrected chi connectivity index (χ1v) is 7.06. The quantitative estimate of drug-likeness (QED) is 0.779. The molecule has 0 radical (unpaired) electrons. The number of aromatic nitrogens is 2. The highest BCUT2D eigenvalue weighted by Gasteiger charge is 2.17. The second-order valence-corrected chi connectivity index (χ2v) is 5.32. The molecule has 0 bridgehead atoms. The van der Waals surface area contributed by atoms with Gasteiger partial charge in [-0.15, -0.1) is 0 Å². The van der Waals surface area contributed by atoms with Gasteiger partial charge in [0.25, 0.3) is 5.91 Å². The zero-order valence-corrected chi connectivity index (χ0v) is 12.7. The molecule has 0 saturated heterocycles. The van der Waals surface area contributed by atoms with E-state index in [1.54, 1.807) is 23.5 Å². The van der Waals surface area contributed by atoms with Crippen molar-refractivity contribution in [3.05, 3.63) is 65.1 Å². The van der Waals surface area contributed by atoms with Crippen molar-refractivity contribution in [3.8, 4) is 0 Å². The van der Waals surface area contributed by atoms with Gasteiger partial charge in [0.1, 0.15) is 11.3 Å².